The third-order valence-corrected chi connectivity index (χ3v) is 4.46. The number of rotatable bonds is 5. The van der Waals surface area contributed by atoms with Gasteiger partial charge in [-0.05, 0) is 48.9 Å². The van der Waals surface area contributed by atoms with Gasteiger partial charge < -0.3 is 15.5 Å². The van der Waals surface area contributed by atoms with Crippen LogP contribution in [-0.2, 0) is 11.2 Å². The molecular weight excluding hydrogens is 370 g/mol. The monoisotopic (exact) mass is 388 g/mol. The number of carbonyl (C=O) groups is 2. The number of hydrogen-bond acceptors (Lipinski definition) is 4. The van der Waals surface area contributed by atoms with E-state index in [2.05, 4.69) is 5.32 Å². The van der Waals surface area contributed by atoms with Crippen molar-refractivity contribution in [3.8, 4) is 5.75 Å². The molecule has 0 fully saturated rings. The number of benzene rings is 2. The Hall–Kier alpha value is -3.26. The lowest BCUT2D eigenvalue weighted by Gasteiger charge is -2.08. The number of hydrogen-bond donors (Lipinski definition) is 3. The van der Waals surface area contributed by atoms with Gasteiger partial charge in [0.25, 0.3) is 5.91 Å². The van der Waals surface area contributed by atoms with Gasteiger partial charge in [-0.3, -0.25) is 14.2 Å². The number of halogens is 2. The van der Waals surface area contributed by atoms with Crippen molar-refractivity contribution in [2.24, 2.45) is 0 Å². The van der Waals surface area contributed by atoms with Crippen LogP contribution in [0.25, 0.3) is 10.9 Å². The molecule has 0 aliphatic heterocycles. The van der Waals surface area contributed by atoms with Crippen LogP contribution >= 0.6 is 0 Å². The Labute approximate surface area is 159 Å². The van der Waals surface area contributed by atoms with Gasteiger partial charge in [0, 0.05) is 23.2 Å². The number of aromatic hydroxyl groups is 1. The smallest absolute Gasteiger partial charge is 0.262 e. The summed E-state index contributed by atoms with van der Waals surface area (Å²) in [6.07, 6.45) is -0.0795. The molecule has 2 aromatic carbocycles. The largest absolute Gasteiger partial charge is 0.508 e. The first-order valence-corrected chi connectivity index (χ1v) is 8.53. The van der Waals surface area contributed by atoms with E-state index in [1.165, 1.54) is 28.8 Å². The van der Waals surface area contributed by atoms with E-state index in [4.69, 9.17) is 5.11 Å². The van der Waals surface area contributed by atoms with Gasteiger partial charge in [-0.1, -0.05) is 0 Å². The Morgan fingerprint density at radius 2 is 1.86 bits per heavy atom. The first-order chi connectivity index (χ1) is 13.3. The summed E-state index contributed by atoms with van der Waals surface area (Å²) in [7, 11) is 0. The number of amides is 1. The van der Waals surface area contributed by atoms with Crippen LogP contribution in [0.2, 0.25) is 0 Å². The summed E-state index contributed by atoms with van der Waals surface area (Å²) in [6, 6.07) is 7.22. The van der Waals surface area contributed by atoms with Gasteiger partial charge in [0.05, 0.1) is 18.5 Å². The lowest BCUT2D eigenvalue weighted by atomic mass is 10.1. The molecule has 0 bridgehead atoms. The lowest BCUT2D eigenvalue weighted by molar-refractivity contribution is -0.120. The summed E-state index contributed by atoms with van der Waals surface area (Å²) in [5.41, 5.74) is 1.32. The van der Waals surface area contributed by atoms with Crippen LogP contribution in [0.1, 0.15) is 21.6 Å². The fourth-order valence-electron chi connectivity index (χ4n) is 3.13. The number of carbonyl (C=O) groups excluding carboxylic acids is 2. The second-order valence-corrected chi connectivity index (χ2v) is 6.29. The molecule has 6 nitrogen and oxygen atoms in total. The fraction of sp³-hybridized carbons (Fsp3) is 0.200. The molecule has 1 amide bonds. The summed E-state index contributed by atoms with van der Waals surface area (Å²) in [5.74, 6) is -3.19. The number of phenols is 1. The molecule has 28 heavy (non-hydrogen) atoms. The molecule has 3 N–H and O–H groups in total. The summed E-state index contributed by atoms with van der Waals surface area (Å²) < 4.78 is 28.1. The molecule has 0 spiro atoms. The number of aliphatic hydroxyl groups excluding tert-OH is 1. The van der Waals surface area contributed by atoms with Crippen molar-refractivity contribution in [3.63, 3.8) is 0 Å². The van der Waals surface area contributed by atoms with Crippen LogP contribution in [0.3, 0.4) is 0 Å². The summed E-state index contributed by atoms with van der Waals surface area (Å²) in [5, 5.41) is 21.7. The second-order valence-electron chi connectivity index (χ2n) is 6.29. The summed E-state index contributed by atoms with van der Waals surface area (Å²) >= 11 is 0. The Morgan fingerprint density at radius 3 is 2.54 bits per heavy atom. The zero-order chi connectivity index (χ0) is 20.4. The molecule has 3 rings (SSSR count). The molecular formula is C20H18F2N2O4. The van der Waals surface area contributed by atoms with E-state index < -0.39 is 17.5 Å². The molecule has 146 valence electrons. The number of fused-ring (bicyclic) bond motifs is 1. The minimum absolute atomic E-state index is 0.0399. The maximum atomic E-state index is 13.6. The van der Waals surface area contributed by atoms with E-state index in [0.717, 1.165) is 12.1 Å². The second kappa shape index (κ2) is 7.77. The van der Waals surface area contributed by atoms with Gasteiger partial charge in [0.15, 0.2) is 11.6 Å². The number of nitrogens with one attached hydrogen (secondary N) is 1. The zero-order valence-corrected chi connectivity index (χ0v) is 15.0. The van der Waals surface area contributed by atoms with Crippen molar-refractivity contribution in [2.45, 2.75) is 13.3 Å². The van der Waals surface area contributed by atoms with Gasteiger partial charge in [-0.2, -0.15) is 0 Å². The maximum Gasteiger partial charge on any atom is 0.262 e. The molecule has 1 aromatic heterocycles. The molecule has 1 heterocycles. The minimum atomic E-state index is -1.14. The van der Waals surface area contributed by atoms with Crippen molar-refractivity contribution in [3.05, 3.63) is 64.9 Å². The average Bonchev–Trinajstić information content (AvgIpc) is 2.93. The first kappa shape index (κ1) is 19.5. The third kappa shape index (κ3) is 3.59. The van der Waals surface area contributed by atoms with E-state index in [9.17, 15) is 23.5 Å². The van der Waals surface area contributed by atoms with Crippen molar-refractivity contribution in [1.82, 2.24) is 9.88 Å². The van der Waals surface area contributed by atoms with Crippen molar-refractivity contribution in [1.29, 1.82) is 0 Å². The van der Waals surface area contributed by atoms with E-state index in [1.807, 2.05) is 0 Å². The molecule has 0 atom stereocenters. The molecule has 0 unspecified atom stereocenters. The van der Waals surface area contributed by atoms with Gasteiger partial charge in [0.2, 0.25) is 5.91 Å². The highest BCUT2D eigenvalue weighted by Crippen LogP contribution is 2.30. The normalized spacial score (nSPS) is 11.0. The summed E-state index contributed by atoms with van der Waals surface area (Å²) in [6.45, 7) is 1.51. The van der Waals surface area contributed by atoms with E-state index in [0.29, 0.717) is 22.2 Å². The van der Waals surface area contributed by atoms with Crippen molar-refractivity contribution < 1.29 is 28.6 Å². The zero-order valence-electron chi connectivity index (χ0n) is 15.0. The van der Waals surface area contributed by atoms with E-state index >= 15 is 0 Å². The standard InChI is InChI=1S/C20H18F2N2O4/c1-11-14(10-19(27)23-6-7-25)15-9-13(26)3-5-18(15)24(11)20(28)12-2-4-16(21)17(22)8-12/h2-5,8-9,25-26H,6-7,10H2,1H3,(H,23,27). The van der Waals surface area contributed by atoms with Crippen LogP contribution in [0.15, 0.2) is 36.4 Å². The van der Waals surface area contributed by atoms with E-state index in [1.54, 1.807) is 6.92 Å². The van der Waals surface area contributed by atoms with Gasteiger partial charge in [-0.25, -0.2) is 8.78 Å². The number of aromatic nitrogens is 1. The van der Waals surface area contributed by atoms with Gasteiger partial charge in [0.1, 0.15) is 5.75 Å². The van der Waals surface area contributed by atoms with Crippen molar-refractivity contribution in [2.75, 3.05) is 13.2 Å². The highest BCUT2D eigenvalue weighted by molar-refractivity contribution is 6.05. The Morgan fingerprint density at radius 1 is 1.11 bits per heavy atom. The fourth-order valence-corrected chi connectivity index (χ4v) is 3.13. The van der Waals surface area contributed by atoms with Crippen molar-refractivity contribution >= 4 is 22.7 Å². The van der Waals surface area contributed by atoms with Crippen LogP contribution in [0.5, 0.6) is 5.75 Å². The molecule has 0 aliphatic rings. The van der Waals surface area contributed by atoms with Crippen LogP contribution in [-0.4, -0.2) is 39.7 Å². The van der Waals surface area contributed by atoms with Gasteiger partial charge in [-0.15, -0.1) is 0 Å². The molecule has 0 saturated carbocycles. The average molecular weight is 388 g/mol. The SMILES string of the molecule is Cc1c(CC(=O)NCCO)c2cc(O)ccc2n1C(=O)c1ccc(F)c(F)c1. The van der Waals surface area contributed by atoms with Crippen LogP contribution in [0, 0.1) is 18.6 Å². The Balaban J connectivity index is 2.12. The number of aliphatic hydroxyl groups is 1. The molecule has 0 radical (unpaired) electrons. The molecule has 0 aliphatic carbocycles. The number of nitrogens with zero attached hydrogens (tertiary/aromatic N) is 1. The highest BCUT2D eigenvalue weighted by atomic mass is 19.2. The van der Waals surface area contributed by atoms with Crippen LogP contribution in [0.4, 0.5) is 8.78 Å². The topological polar surface area (TPSA) is 91.6 Å². The third-order valence-electron chi connectivity index (χ3n) is 4.46. The molecule has 0 saturated heterocycles. The maximum absolute atomic E-state index is 13.6. The Bertz CT molecular complexity index is 1080. The summed E-state index contributed by atoms with van der Waals surface area (Å²) in [4.78, 5) is 25.1. The predicted octanol–water partition coefficient (Wildman–Crippen LogP) is 2.27. The quantitative estimate of drug-likeness (QED) is 0.625. The first-order valence-electron chi connectivity index (χ1n) is 8.53. The lowest BCUT2D eigenvalue weighted by Crippen LogP contribution is -2.28. The van der Waals surface area contributed by atoms with Crippen LogP contribution < -0.4 is 5.32 Å². The molecule has 3 aromatic rings. The Kier molecular flexibility index (Phi) is 5.41. The molecule has 8 heteroatoms. The van der Waals surface area contributed by atoms with E-state index in [-0.39, 0.29) is 36.8 Å². The minimum Gasteiger partial charge on any atom is -0.508 e. The number of phenolic OH excluding ortho intramolecular Hbond substituents is 1. The van der Waals surface area contributed by atoms with Gasteiger partial charge >= 0.3 is 0 Å². The predicted molar refractivity (Wildman–Crippen MR) is 98.2 cm³/mol. The highest BCUT2D eigenvalue weighted by Gasteiger charge is 2.22.